The van der Waals surface area contributed by atoms with Gasteiger partial charge in [-0.3, -0.25) is 4.79 Å². The lowest BCUT2D eigenvalue weighted by atomic mass is 10.2. The van der Waals surface area contributed by atoms with E-state index in [9.17, 15) is 9.59 Å². The first-order chi connectivity index (χ1) is 7.31. The molecule has 16 heavy (non-hydrogen) atoms. The smallest absolute Gasteiger partial charge is 0.417 e. The standard InChI is InChI=1S/C9H13NO3.C3H8/c1-9(2,3)13-8(12)10-6-4-5-7(10)11;1-3-2/h4-5H,6H2,1-3H3;3H2,1-2H3. The molecule has 0 spiro atoms. The molecule has 0 aromatic rings. The second kappa shape index (κ2) is 6.30. The van der Waals surface area contributed by atoms with Crippen LogP contribution in [-0.4, -0.2) is 29.0 Å². The molecule has 0 saturated heterocycles. The molecule has 0 saturated carbocycles. The average molecular weight is 227 g/mol. The second-order valence-corrected chi connectivity index (χ2v) is 4.54. The van der Waals surface area contributed by atoms with Crippen LogP contribution >= 0.6 is 0 Å². The van der Waals surface area contributed by atoms with Gasteiger partial charge in [-0.15, -0.1) is 0 Å². The normalized spacial score (nSPS) is 14.6. The van der Waals surface area contributed by atoms with Crippen molar-refractivity contribution < 1.29 is 14.3 Å². The van der Waals surface area contributed by atoms with Gasteiger partial charge < -0.3 is 4.74 Å². The third-order valence-corrected chi connectivity index (χ3v) is 1.43. The predicted molar refractivity (Wildman–Crippen MR) is 63.1 cm³/mol. The molecule has 0 radical (unpaired) electrons. The van der Waals surface area contributed by atoms with E-state index in [1.165, 1.54) is 12.5 Å². The minimum atomic E-state index is -0.581. The van der Waals surface area contributed by atoms with Gasteiger partial charge in [0.2, 0.25) is 0 Å². The number of hydrogen-bond donors (Lipinski definition) is 0. The van der Waals surface area contributed by atoms with Gasteiger partial charge in [-0.05, 0) is 20.8 Å². The zero-order valence-electron chi connectivity index (χ0n) is 10.7. The summed E-state index contributed by atoms with van der Waals surface area (Å²) >= 11 is 0. The highest BCUT2D eigenvalue weighted by molar-refractivity contribution is 6.00. The highest BCUT2D eigenvalue weighted by atomic mass is 16.6. The Bertz CT molecular complexity index is 276. The topological polar surface area (TPSA) is 46.6 Å². The maximum atomic E-state index is 11.3. The molecule has 0 aromatic heterocycles. The number of rotatable bonds is 0. The van der Waals surface area contributed by atoms with Gasteiger partial charge in [0.05, 0.1) is 6.54 Å². The summed E-state index contributed by atoms with van der Waals surface area (Å²) in [5.74, 6) is -0.311. The molecule has 1 rings (SSSR count). The third kappa shape index (κ3) is 5.53. The lowest BCUT2D eigenvalue weighted by Crippen LogP contribution is -2.37. The van der Waals surface area contributed by atoms with Crippen molar-refractivity contribution in [2.75, 3.05) is 6.54 Å². The zero-order valence-corrected chi connectivity index (χ0v) is 10.7. The summed E-state index contributed by atoms with van der Waals surface area (Å²) in [7, 11) is 0. The number of amides is 2. The third-order valence-electron chi connectivity index (χ3n) is 1.43. The van der Waals surface area contributed by atoms with Gasteiger partial charge in [0.15, 0.2) is 0 Å². The van der Waals surface area contributed by atoms with Crippen molar-refractivity contribution in [1.29, 1.82) is 0 Å². The van der Waals surface area contributed by atoms with E-state index >= 15 is 0 Å². The lowest BCUT2D eigenvalue weighted by Gasteiger charge is -2.23. The largest absolute Gasteiger partial charge is 0.443 e. The van der Waals surface area contributed by atoms with E-state index in [1.54, 1.807) is 26.8 Å². The first-order valence-electron chi connectivity index (χ1n) is 5.52. The van der Waals surface area contributed by atoms with Gasteiger partial charge in [-0.2, -0.15) is 0 Å². The number of nitrogens with zero attached hydrogens (tertiary/aromatic N) is 1. The van der Waals surface area contributed by atoms with E-state index in [-0.39, 0.29) is 5.91 Å². The van der Waals surface area contributed by atoms with Crippen LogP contribution in [-0.2, 0) is 9.53 Å². The highest BCUT2D eigenvalue weighted by Crippen LogP contribution is 2.12. The number of ether oxygens (including phenoxy) is 1. The molecule has 1 aliphatic rings. The molecule has 92 valence electrons. The van der Waals surface area contributed by atoms with Crippen LogP contribution in [0.4, 0.5) is 4.79 Å². The van der Waals surface area contributed by atoms with Crippen molar-refractivity contribution in [2.24, 2.45) is 0 Å². The van der Waals surface area contributed by atoms with Crippen molar-refractivity contribution in [1.82, 2.24) is 4.90 Å². The van der Waals surface area contributed by atoms with Crippen molar-refractivity contribution in [3.63, 3.8) is 0 Å². The van der Waals surface area contributed by atoms with Gasteiger partial charge in [-0.1, -0.05) is 26.3 Å². The van der Waals surface area contributed by atoms with Crippen LogP contribution in [0.25, 0.3) is 0 Å². The van der Waals surface area contributed by atoms with Gasteiger partial charge in [0, 0.05) is 6.08 Å². The molecule has 2 amide bonds. The summed E-state index contributed by atoms with van der Waals surface area (Å²) in [6.07, 6.45) is 3.67. The Kier molecular flexibility index (Phi) is 5.78. The van der Waals surface area contributed by atoms with Crippen LogP contribution in [0.5, 0.6) is 0 Å². The van der Waals surface area contributed by atoms with Crippen molar-refractivity contribution >= 4 is 12.0 Å². The Morgan fingerprint density at radius 2 is 1.94 bits per heavy atom. The fourth-order valence-corrected chi connectivity index (χ4v) is 0.920. The maximum Gasteiger partial charge on any atom is 0.417 e. The summed E-state index contributed by atoms with van der Waals surface area (Å²) < 4.78 is 5.02. The fourth-order valence-electron chi connectivity index (χ4n) is 0.920. The molecule has 0 atom stereocenters. The van der Waals surface area contributed by atoms with Crippen LogP contribution in [0.2, 0.25) is 0 Å². The zero-order chi connectivity index (χ0) is 12.8. The molecule has 0 aromatic carbocycles. The number of carbonyl (C=O) groups is 2. The summed E-state index contributed by atoms with van der Waals surface area (Å²) in [5, 5.41) is 0. The Labute approximate surface area is 97.3 Å². The van der Waals surface area contributed by atoms with Gasteiger partial charge >= 0.3 is 6.09 Å². The first-order valence-corrected chi connectivity index (χ1v) is 5.52. The Morgan fingerprint density at radius 3 is 2.25 bits per heavy atom. The molecule has 0 aliphatic carbocycles. The fraction of sp³-hybridized carbons (Fsp3) is 0.667. The van der Waals surface area contributed by atoms with E-state index in [2.05, 4.69) is 13.8 Å². The van der Waals surface area contributed by atoms with Gasteiger partial charge in [0.1, 0.15) is 5.60 Å². The summed E-state index contributed by atoms with van der Waals surface area (Å²) in [5.41, 5.74) is -0.556. The molecule has 4 heteroatoms. The Hall–Kier alpha value is -1.32. The van der Waals surface area contributed by atoms with Crippen molar-refractivity contribution in [2.45, 2.75) is 46.6 Å². The highest BCUT2D eigenvalue weighted by Gasteiger charge is 2.27. The Balaban J connectivity index is 0.000000673. The SMILES string of the molecule is CC(C)(C)OC(=O)N1CC=CC1=O.CCC. The monoisotopic (exact) mass is 227 g/mol. The molecule has 1 heterocycles. The van der Waals surface area contributed by atoms with E-state index in [0.717, 1.165) is 4.90 Å². The summed E-state index contributed by atoms with van der Waals surface area (Å²) in [6, 6.07) is 0. The molecular weight excluding hydrogens is 206 g/mol. The number of imide groups is 1. The number of hydrogen-bond acceptors (Lipinski definition) is 3. The van der Waals surface area contributed by atoms with Crippen molar-refractivity contribution in [3.05, 3.63) is 12.2 Å². The second-order valence-electron chi connectivity index (χ2n) is 4.54. The van der Waals surface area contributed by atoms with E-state index in [0.29, 0.717) is 6.54 Å². The maximum absolute atomic E-state index is 11.3. The molecule has 0 N–H and O–H groups in total. The quantitative estimate of drug-likeness (QED) is 0.639. The van der Waals surface area contributed by atoms with Crippen LogP contribution in [0.15, 0.2) is 12.2 Å². The molecule has 4 nitrogen and oxygen atoms in total. The minimum Gasteiger partial charge on any atom is -0.443 e. The number of carbonyl (C=O) groups excluding carboxylic acids is 2. The molecule has 0 unspecified atom stereocenters. The van der Waals surface area contributed by atoms with Crippen molar-refractivity contribution in [3.8, 4) is 0 Å². The van der Waals surface area contributed by atoms with E-state index in [4.69, 9.17) is 4.74 Å². The van der Waals surface area contributed by atoms with E-state index < -0.39 is 11.7 Å². The van der Waals surface area contributed by atoms with Crippen LogP contribution < -0.4 is 0 Å². The van der Waals surface area contributed by atoms with Crippen LogP contribution in [0.3, 0.4) is 0 Å². The van der Waals surface area contributed by atoms with Crippen LogP contribution in [0.1, 0.15) is 41.0 Å². The molecule has 0 fully saturated rings. The average Bonchev–Trinajstić information content (AvgIpc) is 2.49. The van der Waals surface area contributed by atoms with Crippen LogP contribution in [0, 0.1) is 0 Å². The molecule has 0 bridgehead atoms. The predicted octanol–water partition coefficient (Wildman–Crippen LogP) is 2.74. The Morgan fingerprint density at radius 1 is 1.44 bits per heavy atom. The first kappa shape index (κ1) is 14.7. The lowest BCUT2D eigenvalue weighted by molar-refractivity contribution is -0.123. The molecule has 1 aliphatic heterocycles. The van der Waals surface area contributed by atoms with E-state index in [1.807, 2.05) is 0 Å². The van der Waals surface area contributed by atoms with Gasteiger partial charge in [-0.25, -0.2) is 9.69 Å². The summed E-state index contributed by atoms with van der Waals surface area (Å²) in [4.78, 5) is 23.4. The molecular formula is C12H21NO3. The minimum absolute atomic E-state index is 0.311. The van der Waals surface area contributed by atoms with Gasteiger partial charge in [0.25, 0.3) is 5.91 Å². The summed E-state index contributed by atoms with van der Waals surface area (Å²) in [6.45, 7) is 9.85.